The van der Waals surface area contributed by atoms with Crippen LogP contribution >= 0.6 is 0 Å². The van der Waals surface area contributed by atoms with Crippen LogP contribution in [-0.2, 0) is 11.1 Å². The van der Waals surface area contributed by atoms with Gasteiger partial charge in [-0.2, -0.15) is 13.2 Å². The lowest BCUT2D eigenvalue weighted by Crippen LogP contribution is -2.58. The summed E-state index contributed by atoms with van der Waals surface area (Å²) in [5, 5.41) is 11.2. The van der Waals surface area contributed by atoms with Crippen LogP contribution in [0.4, 0.5) is 17.6 Å². The summed E-state index contributed by atoms with van der Waals surface area (Å²) in [5.41, 5.74) is 8.15. The van der Waals surface area contributed by atoms with E-state index in [0.717, 1.165) is 18.2 Å². The van der Waals surface area contributed by atoms with Gasteiger partial charge in [0.15, 0.2) is 17.0 Å². The fraction of sp³-hybridized carbons (Fsp3) is 0.333. The molecule has 1 atom stereocenters. The highest BCUT2D eigenvalue weighted by molar-refractivity contribution is 5.95. The number of methoxy groups -OCH3 is 1. The first-order valence-electron chi connectivity index (χ1n) is 11.8. The van der Waals surface area contributed by atoms with Crippen molar-refractivity contribution in [2.24, 2.45) is 11.5 Å². The van der Waals surface area contributed by atoms with E-state index in [9.17, 15) is 22.4 Å². The van der Waals surface area contributed by atoms with E-state index in [1.165, 1.54) is 43.5 Å². The monoisotopic (exact) mass is 550 g/mol. The third-order valence-electron chi connectivity index (χ3n) is 5.97. The number of rotatable bonds is 10. The van der Waals surface area contributed by atoms with Gasteiger partial charge in [0.25, 0.3) is 5.91 Å². The number of ether oxygens (including phenoxy) is 2. The number of halogens is 4. The van der Waals surface area contributed by atoms with Gasteiger partial charge in [0.05, 0.1) is 31.6 Å². The molecule has 6 N–H and O–H groups in total. The van der Waals surface area contributed by atoms with Crippen LogP contribution in [0, 0.1) is 5.82 Å². The second kappa shape index (κ2) is 11.6. The molecule has 0 saturated carbocycles. The number of benzene rings is 2. The number of alkyl halides is 3. The van der Waals surface area contributed by atoms with Gasteiger partial charge in [-0.1, -0.05) is 0 Å². The molecule has 1 unspecified atom stereocenters. The molecule has 1 amide bonds. The summed E-state index contributed by atoms with van der Waals surface area (Å²) >= 11 is 0. The minimum absolute atomic E-state index is 0.0231. The van der Waals surface area contributed by atoms with E-state index >= 15 is 0 Å². The first kappa shape index (κ1) is 29.8. The highest BCUT2D eigenvalue weighted by Crippen LogP contribution is 2.38. The minimum atomic E-state index is -5.04. The van der Waals surface area contributed by atoms with Crippen LogP contribution in [0.3, 0.4) is 0 Å². The molecular weight excluding hydrogens is 520 g/mol. The van der Waals surface area contributed by atoms with Gasteiger partial charge in [0, 0.05) is 16.7 Å². The average molecular weight is 551 g/mol. The fourth-order valence-electron chi connectivity index (χ4n) is 3.64. The molecule has 2 aromatic carbocycles. The first-order valence-corrected chi connectivity index (χ1v) is 11.8. The van der Waals surface area contributed by atoms with E-state index in [2.05, 4.69) is 10.3 Å². The Labute approximate surface area is 222 Å². The number of aromatic nitrogens is 1. The maximum Gasteiger partial charge on any atom is 0.413 e. The Morgan fingerprint density at radius 2 is 1.69 bits per heavy atom. The third-order valence-corrected chi connectivity index (χ3v) is 5.97. The lowest BCUT2D eigenvalue weighted by molar-refractivity contribution is -0.188. The number of pyridine rings is 1. The molecule has 0 aliphatic heterocycles. The van der Waals surface area contributed by atoms with E-state index in [1.807, 2.05) is 0 Å². The number of nitrogens with two attached hydrogens (primary N) is 2. The zero-order valence-corrected chi connectivity index (χ0v) is 21.6. The molecule has 39 heavy (non-hydrogen) atoms. The Balaban J connectivity index is 2.01. The average Bonchev–Trinajstić information content (AvgIpc) is 2.89. The SMILES string of the molecule is COc1ccc(C(=O)NCC(N)(c2cc(C(C)(C)N)cc(-c3ccc(F)cc3)n2)C(F)(F)F)cc1OCCO. The van der Waals surface area contributed by atoms with Crippen LogP contribution in [0.5, 0.6) is 11.5 Å². The summed E-state index contributed by atoms with van der Waals surface area (Å²) in [6.45, 7) is 1.77. The Kier molecular flexibility index (Phi) is 8.84. The molecule has 8 nitrogen and oxygen atoms in total. The van der Waals surface area contributed by atoms with E-state index in [4.69, 9.17) is 26.0 Å². The summed E-state index contributed by atoms with van der Waals surface area (Å²) in [6, 6.07) is 11.8. The topological polar surface area (TPSA) is 133 Å². The molecule has 12 heteroatoms. The second-order valence-electron chi connectivity index (χ2n) is 9.44. The van der Waals surface area contributed by atoms with Crippen molar-refractivity contribution in [1.29, 1.82) is 0 Å². The van der Waals surface area contributed by atoms with E-state index < -0.39 is 41.2 Å². The molecule has 0 fully saturated rings. The fourth-order valence-corrected chi connectivity index (χ4v) is 3.64. The molecule has 0 bridgehead atoms. The predicted molar refractivity (Wildman–Crippen MR) is 137 cm³/mol. The van der Waals surface area contributed by atoms with Crippen molar-refractivity contribution in [1.82, 2.24) is 10.3 Å². The van der Waals surface area contributed by atoms with E-state index in [-0.39, 0.29) is 36.0 Å². The maximum absolute atomic E-state index is 14.5. The molecule has 0 spiro atoms. The van der Waals surface area contributed by atoms with Crippen molar-refractivity contribution >= 4 is 5.91 Å². The summed E-state index contributed by atoms with van der Waals surface area (Å²) < 4.78 is 67.5. The molecule has 3 rings (SSSR count). The van der Waals surface area contributed by atoms with Gasteiger partial charge in [-0.25, -0.2) is 4.39 Å². The molecule has 0 radical (unpaired) electrons. The number of nitrogens with one attached hydrogen (secondary N) is 1. The number of carbonyl (C=O) groups is 1. The Hall–Kier alpha value is -3.74. The number of hydrogen-bond donors (Lipinski definition) is 4. The summed E-state index contributed by atoms with van der Waals surface area (Å²) in [6.07, 6.45) is -5.04. The summed E-state index contributed by atoms with van der Waals surface area (Å²) in [5.74, 6) is -0.997. The van der Waals surface area contributed by atoms with Crippen molar-refractivity contribution in [2.45, 2.75) is 31.1 Å². The molecule has 3 aromatic rings. The number of nitrogens with zero attached hydrogens (tertiary/aromatic N) is 1. The van der Waals surface area contributed by atoms with Crippen molar-refractivity contribution in [3.63, 3.8) is 0 Å². The van der Waals surface area contributed by atoms with E-state index in [0.29, 0.717) is 11.1 Å². The zero-order chi connectivity index (χ0) is 29.0. The van der Waals surface area contributed by atoms with Crippen LogP contribution in [-0.4, -0.2) is 49.0 Å². The number of aliphatic hydroxyl groups is 1. The van der Waals surface area contributed by atoms with Gasteiger partial charge in [0.1, 0.15) is 12.4 Å². The Bertz CT molecular complexity index is 1310. The quantitative estimate of drug-likeness (QED) is 0.284. The second-order valence-corrected chi connectivity index (χ2v) is 9.44. The highest BCUT2D eigenvalue weighted by Gasteiger charge is 2.55. The van der Waals surface area contributed by atoms with Crippen LogP contribution in [0.1, 0.15) is 35.5 Å². The van der Waals surface area contributed by atoms with Crippen LogP contribution < -0.4 is 26.3 Å². The standard InChI is InChI=1S/C27H30F4N4O4/c1-25(2,32)18-13-20(16-4-7-19(28)8-5-16)35-23(14-18)26(33,27(29,30)31)15-34-24(37)17-6-9-21(38-3)22(12-17)39-11-10-36/h4-9,12-14,36H,10-11,15,32-33H2,1-3H3,(H,34,37). The normalized spacial score (nSPS) is 13.5. The van der Waals surface area contributed by atoms with Crippen LogP contribution in [0.2, 0.25) is 0 Å². The molecule has 210 valence electrons. The zero-order valence-electron chi connectivity index (χ0n) is 21.6. The number of amides is 1. The van der Waals surface area contributed by atoms with E-state index in [1.54, 1.807) is 13.8 Å². The van der Waals surface area contributed by atoms with Gasteiger partial charge >= 0.3 is 6.18 Å². The lowest BCUT2D eigenvalue weighted by atomic mass is 9.88. The lowest BCUT2D eigenvalue weighted by Gasteiger charge is -2.33. The highest BCUT2D eigenvalue weighted by atomic mass is 19.4. The van der Waals surface area contributed by atoms with Crippen LogP contribution in [0.25, 0.3) is 11.3 Å². The Morgan fingerprint density at radius 1 is 1.03 bits per heavy atom. The van der Waals surface area contributed by atoms with Crippen molar-refractivity contribution < 1.29 is 36.9 Å². The third kappa shape index (κ3) is 6.83. The number of carbonyl (C=O) groups excluding carboxylic acids is 1. The number of hydrogen-bond acceptors (Lipinski definition) is 7. The summed E-state index contributed by atoms with van der Waals surface area (Å²) in [7, 11) is 1.37. The van der Waals surface area contributed by atoms with Crippen molar-refractivity contribution in [3.05, 3.63) is 77.2 Å². The van der Waals surface area contributed by atoms with Crippen LogP contribution in [0.15, 0.2) is 54.6 Å². The predicted octanol–water partition coefficient (Wildman–Crippen LogP) is 3.61. The van der Waals surface area contributed by atoms with Gasteiger partial charge < -0.3 is 31.4 Å². The van der Waals surface area contributed by atoms with Gasteiger partial charge in [-0.3, -0.25) is 9.78 Å². The molecule has 1 heterocycles. The summed E-state index contributed by atoms with van der Waals surface area (Å²) in [4.78, 5) is 17.0. The first-order chi connectivity index (χ1) is 18.2. The van der Waals surface area contributed by atoms with Crippen molar-refractivity contribution in [2.75, 3.05) is 26.9 Å². The van der Waals surface area contributed by atoms with Gasteiger partial charge in [-0.15, -0.1) is 0 Å². The minimum Gasteiger partial charge on any atom is -0.493 e. The molecule has 1 aromatic heterocycles. The molecule has 0 aliphatic rings. The maximum atomic E-state index is 14.5. The largest absolute Gasteiger partial charge is 0.493 e. The van der Waals surface area contributed by atoms with Gasteiger partial charge in [0.2, 0.25) is 0 Å². The molecule has 0 saturated heterocycles. The Morgan fingerprint density at radius 3 is 2.26 bits per heavy atom. The number of aliphatic hydroxyl groups excluding tert-OH is 1. The van der Waals surface area contributed by atoms with Gasteiger partial charge in [-0.05, 0) is 74.0 Å². The van der Waals surface area contributed by atoms with Crippen molar-refractivity contribution in [3.8, 4) is 22.8 Å². The molecule has 0 aliphatic carbocycles. The smallest absolute Gasteiger partial charge is 0.413 e. The molecular formula is C27H30F4N4O4.